The summed E-state index contributed by atoms with van der Waals surface area (Å²) < 4.78 is 0. The van der Waals surface area contributed by atoms with E-state index in [0.29, 0.717) is 5.82 Å². The van der Waals surface area contributed by atoms with E-state index in [1.807, 2.05) is 0 Å². The normalized spacial score (nSPS) is 9.93. The monoisotopic (exact) mass is 196 g/mol. The summed E-state index contributed by atoms with van der Waals surface area (Å²) in [6.07, 6.45) is 0. The average Bonchev–Trinajstić information content (AvgIpc) is 2.19. The van der Waals surface area contributed by atoms with E-state index in [2.05, 4.69) is 34.1 Å². The van der Waals surface area contributed by atoms with Crippen LogP contribution in [0.4, 0.5) is 17.6 Å². The third-order valence-electron chi connectivity index (χ3n) is 1.97. The summed E-state index contributed by atoms with van der Waals surface area (Å²) in [7, 11) is 0. The molecule has 0 aliphatic carbocycles. The zero-order chi connectivity index (χ0) is 10.6. The minimum Gasteiger partial charge on any atom is -0.368 e. The molecule has 0 atom stereocenters. The first-order valence-corrected chi connectivity index (χ1v) is 4.57. The van der Waals surface area contributed by atoms with Crippen molar-refractivity contribution in [3.63, 3.8) is 0 Å². The molecule has 6 heteroatoms. The number of nitrogens with one attached hydrogen (secondary N) is 1. The standard InChI is InChI=1S/C8H16N6/c1-3-14(4-2)7-5-6(13-10)11-8(9)12-7/h5H,3-4,10H2,1-2H3,(H3,9,11,12,13). The Morgan fingerprint density at radius 3 is 2.50 bits per heavy atom. The molecule has 14 heavy (non-hydrogen) atoms. The second-order valence-corrected chi connectivity index (χ2v) is 2.79. The molecule has 0 saturated carbocycles. The van der Waals surface area contributed by atoms with Gasteiger partial charge >= 0.3 is 0 Å². The third-order valence-corrected chi connectivity index (χ3v) is 1.97. The second kappa shape index (κ2) is 4.61. The lowest BCUT2D eigenvalue weighted by Gasteiger charge is -2.20. The van der Waals surface area contributed by atoms with Crippen LogP contribution in [0.2, 0.25) is 0 Å². The van der Waals surface area contributed by atoms with Gasteiger partial charge in [0.05, 0.1) is 0 Å². The highest BCUT2D eigenvalue weighted by Crippen LogP contribution is 2.15. The van der Waals surface area contributed by atoms with Gasteiger partial charge in [0.2, 0.25) is 5.95 Å². The van der Waals surface area contributed by atoms with Gasteiger partial charge in [-0.05, 0) is 13.8 Å². The van der Waals surface area contributed by atoms with Gasteiger partial charge in [-0.1, -0.05) is 0 Å². The Labute approximate surface area is 83.3 Å². The van der Waals surface area contributed by atoms with Gasteiger partial charge in [-0.3, -0.25) is 0 Å². The first-order valence-electron chi connectivity index (χ1n) is 4.57. The van der Waals surface area contributed by atoms with Crippen LogP contribution in [0.15, 0.2) is 6.07 Å². The maximum Gasteiger partial charge on any atom is 0.223 e. The Morgan fingerprint density at radius 2 is 2.00 bits per heavy atom. The molecule has 0 unspecified atom stereocenters. The summed E-state index contributed by atoms with van der Waals surface area (Å²) in [6, 6.07) is 1.77. The van der Waals surface area contributed by atoms with Crippen molar-refractivity contribution in [3.05, 3.63) is 6.07 Å². The summed E-state index contributed by atoms with van der Waals surface area (Å²) in [6.45, 7) is 5.85. The second-order valence-electron chi connectivity index (χ2n) is 2.79. The third kappa shape index (κ3) is 2.23. The molecule has 0 saturated heterocycles. The molecule has 5 N–H and O–H groups in total. The van der Waals surface area contributed by atoms with Crippen molar-refractivity contribution in [2.24, 2.45) is 5.84 Å². The molecule has 0 bridgehead atoms. The molecule has 0 spiro atoms. The smallest absolute Gasteiger partial charge is 0.223 e. The number of hydrogen-bond donors (Lipinski definition) is 3. The molecule has 1 rings (SSSR count). The molecule has 0 aliphatic heterocycles. The van der Waals surface area contributed by atoms with E-state index in [1.54, 1.807) is 6.07 Å². The fourth-order valence-corrected chi connectivity index (χ4v) is 1.24. The molecule has 1 aromatic rings. The summed E-state index contributed by atoms with van der Waals surface area (Å²) in [5.41, 5.74) is 7.99. The molecule has 6 nitrogen and oxygen atoms in total. The maximum atomic E-state index is 5.54. The first-order chi connectivity index (χ1) is 6.71. The molecule has 78 valence electrons. The summed E-state index contributed by atoms with van der Waals surface area (Å²) in [5.74, 6) is 6.80. The summed E-state index contributed by atoms with van der Waals surface area (Å²) >= 11 is 0. The van der Waals surface area contributed by atoms with Crippen LogP contribution >= 0.6 is 0 Å². The Hall–Kier alpha value is -1.56. The largest absolute Gasteiger partial charge is 0.368 e. The van der Waals surface area contributed by atoms with Crippen LogP contribution in [0.1, 0.15) is 13.8 Å². The van der Waals surface area contributed by atoms with Crippen molar-refractivity contribution in [1.82, 2.24) is 9.97 Å². The van der Waals surface area contributed by atoms with E-state index in [9.17, 15) is 0 Å². The summed E-state index contributed by atoms with van der Waals surface area (Å²) in [5, 5.41) is 0. The molecule has 0 fully saturated rings. The molecule has 1 aromatic heterocycles. The van der Waals surface area contributed by atoms with E-state index >= 15 is 0 Å². The van der Waals surface area contributed by atoms with Crippen molar-refractivity contribution in [3.8, 4) is 0 Å². The average molecular weight is 196 g/mol. The van der Waals surface area contributed by atoms with Crippen molar-refractivity contribution in [1.29, 1.82) is 0 Å². The number of hydrazine groups is 1. The molecular weight excluding hydrogens is 180 g/mol. The lowest BCUT2D eigenvalue weighted by Crippen LogP contribution is -2.24. The first kappa shape index (κ1) is 10.5. The van der Waals surface area contributed by atoms with Crippen molar-refractivity contribution >= 4 is 17.6 Å². The molecular formula is C8H16N6. The Bertz CT molecular complexity index is 296. The van der Waals surface area contributed by atoms with Crippen molar-refractivity contribution < 1.29 is 0 Å². The molecule has 0 radical (unpaired) electrons. The van der Waals surface area contributed by atoms with Crippen LogP contribution in [0, 0.1) is 0 Å². The Morgan fingerprint density at radius 1 is 1.36 bits per heavy atom. The number of rotatable bonds is 4. The van der Waals surface area contributed by atoms with Gasteiger partial charge in [-0.2, -0.15) is 9.97 Å². The van der Waals surface area contributed by atoms with Crippen LogP contribution in [-0.4, -0.2) is 23.1 Å². The minimum absolute atomic E-state index is 0.224. The van der Waals surface area contributed by atoms with E-state index in [-0.39, 0.29) is 5.95 Å². The number of hydrogen-bond acceptors (Lipinski definition) is 6. The van der Waals surface area contributed by atoms with Gasteiger partial charge in [0, 0.05) is 19.2 Å². The lowest BCUT2D eigenvalue weighted by molar-refractivity contribution is 0.843. The topological polar surface area (TPSA) is 93.1 Å². The van der Waals surface area contributed by atoms with Gasteiger partial charge in [0.1, 0.15) is 11.6 Å². The Kier molecular flexibility index (Phi) is 3.47. The van der Waals surface area contributed by atoms with Crippen LogP contribution in [0.25, 0.3) is 0 Å². The van der Waals surface area contributed by atoms with Gasteiger partial charge in [0.15, 0.2) is 0 Å². The summed E-state index contributed by atoms with van der Waals surface area (Å²) in [4.78, 5) is 10.1. The molecule has 0 aromatic carbocycles. The highest BCUT2D eigenvalue weighted by molar-refractivity contribution is 5.51. The predicted molar refractivity (Wildman–Crippen MR) is 57.8 cm³/mol. The van der Waals surface area contributed by atoms with Crippen LogP contribution in [0.3, 0.4) is 0 Å². The van der Waals surface area contributed by atoms with Crippen LogP contribution in [0.5, 0.6) is 0 Å². The van der Waals surface area contributed by atoms with Crippen molar-refractivity contribution in [2.45, 2.75) is 13.8 Å². The van der Waals surface area contributed by atoms with Gasteiger partial charge in [0.25, 0.3) is 0 Å². The zero-order valence-corrected chi connectivity index (χ0v) is 8.49. The Balaban J connectivity index is 3.01. The SMILES string of the molecule is CCN(CC)c1cc(NN)nc(N)n1. The highest BCUT2D eigenvalue weighted by Gasteiger charge is 2.06. The van der Waals surface area contributed by atoms with E-state index in [4.69, 9.17) is 11.6 Å². The van der Waals surface area contributed by atoms with E-state index < -0.39 is 0 Å². The fourth-order valence-electron chi connectivity index (χ4n) is 1.24. The number of nitrogens with two attached hydrogens (primary N) is 2. The highest BCUT2D eigenvalue weighted by atomic mass is 15.3. The van der Waals surface area contributed by atoms with E-state index in [1.165, 1.54) is 0 Å². The zero-order valence-electron chi connectivity index (χ0n) is 8.49. The maximum absolute atomic E-state index is 5.54. The van der Waals surface area contributed by atoms with Crippen LogP contribution < -0.4 is 21.9 Å². The van der Waals surface area contributed by atoms with Crippen LogP contribution in [-0.2, 0) is 0 Å². The predicted octanol–water partition coefficient (Wildman–Crippen LogP) is 0.191. The van der Waals surface area contributed by atoms with Crippen molar-refractivity contribution in [2.75, 3.05) is 29.1 Å². The number of anilines is 3. The fraction of sp³-hybridized carbons (Fsp3) is 0.500. The lowest BCUT2D eigenvalue weighted by atomic mass is 10.4. The minimum atomic E-state index is 0.224. The van der Waals surface area contributed by atoms with Gasteiger partial charge in [-0.25, -0.2) is 5.84 Å². The molecule has 0 amide bonds. The quantitative estimate of drug-likeness (QED) is 0.470. The van der Waals surface area contributed by atoms with Gasteiger partial charge in [-0.15, -0.1) is 0 Å². The number of nitrogens with zero attached hydrogens (tertiary/aromatic N) is 3. The molecule has 1 heterocycles. The number of aromatic nitrogens is 2. The number of nitrogen functional groups attached to an aromatic ring is 2. The molecule has 0 aliphatic rings. The van der Waals surface area contributed by atoms with Gasteiger partial charge < -0.3 is 16.1 Å². The van der Waals surface area contributed by atoms with E-state index in [0.717, 1.165) is 18.9 Å².